The number of hydrogen-bond acceptors (Lipinski definition) is 0. The summed E-state index contributed by atoms with van der Waals surface area (Å²) in [6.07, 6.45) is 2.64. The molecule has 0 unspecified atom stereocenters. The van der Waals surface area contributed by atoms with E-state index in [0.717, 1.165) is 0 Å². The quantitative estimate of drug-likeness (QED) is 0.471. The van der Waals surface area contributed by atoms with Crippen LogP contribution in [0.25, 0.3) is 0 Å². The molecule has 0 heterocycles. The molecule has 0 bridgehead atoms. The van der Waals surface area contributed by atoms with E-state index in [-0.39, 0.29) is 17.6 Å². The van der Waals surface area contributed by atoms with Crippen LogP contribution in [0.1, 0.15) is 26.7 Å². The van der Waals surface area contributed by atoms with Crippen LogP contribution < -0.4 is 0 Å². The van der Waals surface area contributed by atoms with Gasteiger partial charge in [0.05, 0.1) is 0 Å². The van der Waals surface area contributed by atoms with Crippen molar-refractivity contribution in [3.8, 4) is 0 Å². The molecule has 0 atom stereocenters. The normalized spacial score (nSPS) is 5.14. The van der Waals surface area contributed by atoms with E-state index in [4.69, 9.17) is 0 Å². The Hall–Kier alpha value is 1.02. The van der Waals surface area contributed by atoms with Crippen molar-refractivity contribution in [2.45, 2.75) is 26.7 Å². The van der Waals surface area contributed by atoms with E-state index >= 15 is 0 Å². The van der Waals surface area contributed by atoms with E-state index in [1.165, 1.54) is 12.8 Å². The van der Waals surface area contributed by atoms with Crippen molar-refractivity contribution in [2.24, 2.45) is 0 Å². The molecule has 7 heavy (non-hydrogen) atoms. The standard InChI is InChI=1S/C4H10.CH3Br.GeH4/c1-3-4-2;1-2;/h3-4H2,1-2H3;1H3;1H4. The van der Waals surface area contributed by atoms with Crippen molar-refractivity contribution in [3.63, 3.8) is 0 Å². The first kappa shape index (κ1) is 15.7. The first-order chi connectivity index (χ1) is 2.91. The second-order valence-corrected chi connectivity index (χ2v) is 1.000. The molecule has 48 valence electrons. The third-order valence-corrected chi connectivity index (χ3v) is 0.500. The van der Waals surface area contributed by atoms with Gasteiger partial charge in [-0.3, -0.25) is 0 Å². The van der Waals surface area contributed by atoms with Gasteiger partial charge in [-0.1, -0.05) is 42.6 Å². The van der Waals surface area contributed by atoms with Gasteiger partial charge in [0.15, 0.2) is 0 Å². The second kappa shape index (κ2) is 27.9. The zero-order valence-corrected chi connectivity index (χ0v) is 6.38. The van der Waals surface area contributed by atoms with Gasteiger partial charge in [-0.25, -0.2) is 0 Å². The molecule has 0 aromatic heterocycles. The molecule has 0 radical (unpaired) electrons. The summed E-state index contributed by atoms with van der Waals surface area (Å²) in [6, 6.07) is 0. The first-order valence-corrected chi connectivity index (χ1v) is 3.88. The third-order valence-electron chi connectivity index (χ3n) is 0.500. The van der Waals surface area contributed by atoms with Gasteiger partial charge in [0.2, 0.25) is 0 Å². The fourth-order valence-electron chi connectivity index (χ4n) is 0. The van der Waals surface area contributed by atoms with Crippen LogP contribution in [0.5, 0.6) is 0 Å². The van der Waals surface area contributed by atoms with Gasteiger partial charge in [-0.2, -0.15) is 0 Å². The van der Waals surface area contributed by atoms with Crippen LogP contribution in [-0.2, 0) is 0 Å². The SMILES string of the molecule is CBr.CCCC.[GeH4]. The molecule has 0 N–H and O–H groups in total. The zero-order chi connectivity index (χ0) is 5.41. The molecule has 0 fully saturated rings. The predicted octanol–water partition coefficient (Wildman–Crippen LogP) is 1.37. The Kier molecular flexibility index (Phi) is 62.5. The Labute approximate surface area is 66.2 Å². The summed E-state index contributed by atoms with van der Waals surface area (Å²) >= 11 is 2.94. The maximum atomic E-state index is 2.94. The molecular weight excluding hydrogens is 213 g/mol. The topological polar surface area (TPSA) is 0 Å². The molecule has 0 aliphatic rings. The van der Waals surface area contributed by atoms with Crippen molar-refractivity contribution in [1.29, 1.82) is 0 Å². The van der Waals surface area contributed by atoms with E-state index in [1.807, 2.05) is 5.83 Å². The van der Waals surface area contributed by atoms with E-state index in [1.54, 1.807) is 0 Å². The molecule has 0 rings (SSSR count). The number of rotatable bonds is 1. The Morgan fingerprint density at radius 2 is 1.14 bits per heavy atom. The van der Waals surface area contributed by atoms with E-state index in [9.17, 15) is 0 Å². The van der Waals surface area contributed by atoms with Crippen molar-refractivity contribution in [3.05, 3.63) is 0 Å². The average molecular weight is 230 g/mol. The molecule has 0 spiro atoms. The van der Waals surface area contributed by atoms with Crippen molar-refractivity contribution >= 4 is 33.5 Å². The van der Waals surface area contributed by atoms with Gasteiger partial charge in [0.25, 0.3) is 0 Å². The molecular formula is C5H17BrGe. The summed E-state index contributed by atoms with van der Waals surface area (Å²) in [4.78, 5) is 0. The van der Waals surface area contributed by atoms with Crippen LogP contribution in [0, 0.1) is 0 Å². The summed E-state index contributed by atoms with van der Waals surface area (Å²) in [5, 5.41) is 0. The second-order valence-electron chi connectivity index (χ2n) is 1.000. The molecule has 0 saturated heterocycles. The van der Waals surface area contributed by atoms with E-state index in [0.29, 0.717) is 0 Å². The summed E-state index contributed by atoms with van der Waals surface area (Å²) in [5.74, 6) is 1.81. The monoisotopic (exact) mass is 230 g/mol. The van der Waals surface area contributed by atoms with Crippen molar-refractivity contribution in [1.82, 2.24) is 0 Å². The van der Waals surface area contributed by atoms with Crippen LogP contribution >= 0.6 is 15.9 Å². The van der Waals surface area contributed by atoms with Crippen molar-refractivity contribution < 1.29 is 0 Å². The number of alkyl halides is 1. The Morgan fingerprint density at radius 3 is 1.14 bits per heavy atom. The minimum atomic E-state index is 0. The van der Waals surface area contributed by atoms with Crippen LogP contribution in [0.2, 0.25) is 0 Å². The van der Waals surface area contributed by atoms with Crippen LogP contribution in [0.4, 0.5) is 0 Å². The predicted molar refractivity (Wildman–Crippen MR) is 46.8 cm³/mol. The molecule has 0 aromatic carbocycles. The number of halogens is 1. The van der Waals surface area contributed by atoms with E-state index in [2.05, 4.69) is 29.8 Å². The Bertz CT molecular complexity index is 10.0. The van der Waals surface area contributed by atoms with Crippen molar-refractivity contribution in [2.75, 3.05) is 5.83 Å². The average Bonchev–Trinajstić information content (AvgIpc) is 1.72. The van der Waals surface area contributed by atoms with Gasteiger partial charge in [0, 0.05) is 0 Å². The van der Waals surface area contributed by atoms with Gasteiger partial charge in [-0.05, 0) is 5.83 Å². The number of hydrogen-bond donors (Lipinski definition) is 0. The molecule has 0 aliphatic carbocycles. The minimum absolute atomic E-state index is 0. The van der Waals surface area contributed by atoms with Crippen LogP contribution in [0.15, 0.2) is 0 Å². The fraction of sp³-hybridized carbons (Fsp3) is 1.00. The van der Waals surface area contributed by atoms with Gasteiger partial charge < -0.3 is 0 Å². The Morgan fingerprint density at radius 1 is 1.00 bits per heavy atom. The molecule has 0 aliphatic heterocycles. The summed E-state index contributed by atoms with van der Waals surface area (Å²) in [7, 11) is 0. The summed E-state index contributed by atoms with van der Waals surface area (Å²) in [5.41, 5.74) is 0. The molecule has 0 aromatic rings. The fourth-order valence-corrected chi connectivity index (χ4v) is 0. The zero-order valence-electron chi connectivity index (χ0n) is 4.79. The van der Waals surface area contributed by atoms with Gasteiger partial charge >= 0.3 is 17.6 Å². The van der Waals surface area contributed by atoms with Gasteiger partial charge in [0.1, 0.15) is 0 Å². The van der Waals surface area contributed by atoms with Crippen LogP contribution in [0.3, 0.4) is 0 Å². The summed E-state index contributed by atoms with van der Waals surface area (Å²) in [6.45, 7) is 4.36. The van der Waals surface area contributed by atoms with Gasteiger partial charge in [-0.15, -0.1) is 0 Å². The Balaban J connectivity index is -0.0000000480. The molecule has 0 saturated carbocycles. The van der Waals surface area contributed by atoms with E-state index < -0.39 is 0 Å². The third kappa shape index (κ3) is 43.3. The first-order valence-electron chi connectivity index (χ1n) is 2.29. The molecule has 0 amide bonds. The molecule has 2 heteroatoms. The van der Waals surface area contributed by atoms with Crippen LogP contribution in [-0.4, -0.2) is 23.4 Å². The number of unbranched alkanes of at least 4 members (excludes halogenated alkanes) is 1. The molecule has 0 nitrogen and oxygen atoms in total. The summed E-state index contributed by atoms with van der Waals surface area (Å²) < 4.78 is 0. The maximum absolute atomic E-state index is 2.94.